The van der Waals surface area contributed by atoms with E-state index in [0.717, 1.165) is 36.8 Å². The smallest absolute Gasteiger partial charge is 0.248 e. The second-order valence-corrected chi connectivity index (χ2v) is 9.45. The first-order valence-electron chi connectivity index (χ1n) is 11.6. The van der Waals surface area contributed by atoms with Gasteiger partial charge in [-0.3, -0.25) is 4.79 Å². The molecule has 0 saturated heterocycles. The summed E-state index contributed by atoms with van der Waals surface area (Å²) in [6.45, 7) is 2.06. The Kier molecular flexibility index (Phi) is 6.92. The summed E-state index contributed by atoms with van der Waals surface area (Å²) < 4.78 is 0. The summed E-state index contributed by atoms with van der Waals surface area (Å²) in [7, 11) is 0. The lowest BCUT2D eigenvalue weighted by atomic mass is 9.88. The van der Waals surface area contributed by atoms with Gasteiger partial charge in [-0.25, -0.2) is 0 Å². The van der Waals surface area contributed by atoms with E-state index in [1.165, 1.54) is 11.1 Å². The normalized spacial score (nSPS) is 25.7. The number of carbonyl (C=O) groups is 1. The van der Waals surface area contributed by atoms with Crippen LogP contribution >= 0.6 is 0 Å². The molecule has 0 aromatic heterocycles. The van der Waals surface area contributed by atoms with Crippen molar-refractivity contribution in [2.24, 2.45) is 23.5 Å². The lowest BCUT2D eigenvalue weighted by molar-refractivity contribution is 0.1000. The molecule has 4 N–H and O–H groups in total. The van der Waals surface area contributed by atoms with Crippen molar-refractivity contribution in [3.05, 3.63) is 94.6 Å². The Morgan fingerprint density at radius 3 is 2.72 bits per heavy atom. The van der Waals surface area contributed by atoms with Crippen LogP contribution in [0.3, 0.4) is 0 Å². The van der Waals surface area contributed by atoms with Crippen LogP contribution in [0.25, 0.3) is 0 Å². The maximum atomic E-state index is 11.4. The van der Waals surface area contributed by atoms with Crippen molar-refractivity contribution in [1.82, 2.24) is 0 Å². The lowest BCUT2D eigenvalue weighted by Gasteiger charge is -2.19. The van der Waals surface area contributed by atoms with Gasteiger partial charge in [0.25, 0.3) is 0 Å². The number of primary amides is 1. The van der Waals surface area contributed by atoms with Gasteiger partial charge in [0, 0.05) is 17.9 Å². The summed E-state index contributed by atoms with van der Waals surface area (Å²) in [6.07, 6.45) is 9.56. The fourth-order valence-corrected chi connectivity index (χ4v) is 5.38. The lowest BCUT2D eigenvalue weighted by Crippen LogP contribution is -2.18. The Hall–Kier alpha value is -2.69. The van der Waals surface area contributed by atoms with E-state index in [2.05, 4.69) is 25.1 Å². The van der Waals surface area contributed by atoms with Gasteiger partial charge in [-0.1, -0.05) is 65.8 Å². The third-order valence-electron chi connectivity index (χ3n) is 6.98. The largest absolute Gasteiger partial charge is 0.392 e. The minimum atomic E-state index is -0.547. The summed E-state index contributed by atoms with van der Waals surface area (Å²) in [5.41, 5.74) is 10.8. The van der Waals surface area contributed by atoms with E-state index in [1.54, 1.807) is 6.07 Å². The number of carbonyl (C=O) groups excluding carboxylic acids is 1. The molecule has 0 radical (unpaired) electrons. The van der Waals surface area contributed by atoms with Crippen LogP contribution < -0.4 is 5.73 Å². The number of aliphatic hydroxyl groups excluding tert-OH is 2. The molecule has 0 spiro atoms. The molecule has 0 bridgehead atoms. The number of allylic oxidation sites excluding steroid dienone is 2. The quantitative estimate of drug-likeness (QED) is 0.550. The molecule has 1 fully saturated rings. The molecule has 32 heavy (non-hydrogen) atoms. The van der Waals surface area contributed by atoms with Gasteiger partial charge < -0.3 is 15.9 Å². The number of aliphatic hydroxyl groups is 2. The van der Waals surface area contributed by atoms with Gasteiger partial charge in [0.15, 0.2) is 0 Å². The molecule has 4 rings (SSSR count). The molecule has 0 aliphatic heterocycles. The first kappa shape index (κ1) is 22.5. The third kappa shape index (κ3) is 5.37. The van der Waals surface area contributed by atoms with Gasteiger partial charge in [0.2, 0.25) is 5.91 Å². The van der Waals surface area contributed by atoms with E-state index < -0.39 is 12.0 Å². The molecule has 5 atom stereocenters. The molecule has 4 nitrogen and oxygen atoms in total. The summed E-state index contributed by atoms with van der Waals surface area (Å²) in [5.74, 6) is 0.494. The first-order chi connectivity index (χ1) is 15.4. The van der Waals surface area contributed by atoms with E-state index in [9.17, 15) is 15.0 Å². The van der Waals surface area contributed by atoms with Crippen LogP contribution in [0.1, 0.15) is 46.3 Å². The van der Waals surface area contributed by atoms with Crippen LogP contribution in [0.4, 0.5) is 0 Å². The Morgan fingerprint density at radius 2 is 1.94 bits per heavy atom. The Balaban J connectivity index is 1.33. The Morgan fingerprint density at radius 1 is 1.16 bits per heavy atom. The standard InChI is InChI=1S/C28H33NO3/c1-18-4-2-6-20(12-18)15-24(30)10-11-25-26-16-21(14-23(26)17-27(25)31)9-8-19-5-3-7-22(13-19)28(29)32/h2-7,10-14,23-27,30-31H,8-9,15-17H2,1H3,(H2,29,32)/b11-10+/t23-,24-,25+,26-,27+/m0/s1. The molecule has 2 aliphatic carbocycles. The van der Waals surface area contributed by atoms with Gasteiger partial charge >= 0.3 is 0 Å². The van der Waals surface area contributed by atoms with Crippen LogP contribution in [0, 0.1) is 24.7 Å². The number of hydrogen-bond acceptors (Lipinski definition) is 3. The second-order valence-electron chi connectivity index (χ2n) is 9.45. The van der Waals surface area contributed by atoms with Crippen molar-refractivity contribution in [2.45, 2.75) is 51.2 Å². The van der Waals surface area contributed by atoms with Crippen molar-refractivity contribution < 1.29 is 15.0 Å². The van der Waals surface area contributed by atoms with Crippen LogP contribution in [0.5, 0.6) is 0 Å². The van der Waals surface area contributed by atoms with Crippen LogP contribution in [0.15, 0.2) is 72.3 Å². The third-order valence-corrected chi connectivity index (χ3v) is 6.98. The molecule has 2 aliphatic rings. The number of hydrogen-bond donors (Lipinski definition) is 3. The van der Waals surface area contributed by atoms with Crippen molar-refractivity contribution in [3.63, 3.8) is 0 Å². The van der Waals surface area contributed by atoms with Gasteiger partial charge in [-0.05, 0) is 67.7 Å². The Labute approximate surface area is 190 Å². The van der Waals surface area contributed by atoms with E-state index >= 15 is 0 Å². The summed E-state index contributed by atoms with van der Waals surface area (Å²) in [4.78, 5) is 11.4. The summed E-state index contributed by atoms with van der Waals surface area (Å²) in [5, 5.41) is 21.1. The Bertz CT molecular complexity index is 1020. The second kappa shape index (κ2) is 9.85. The maximum Gasteiger partial charge on any atom is 0.248 e. The average molecular weight is 432 g/mol. The van der Waals surface area contributed by atoms with E-state index in [4.69, 9.17) is 5.73 Å². The topological polar surface area (TPSA) is 83.5 Å². The van der Waals surface area contributed by atoms with Crippen LogP contribution in [0.2, 0.25) is 0 Å². The molecule has 4 heteroatoms. The van der Waals surface area contributed by atoms with E-state index in [1.807, 2.05) is 42.5 Å². The molecule has 0 unspecified atom stereocenters. The highest BCUT2D eigenvalue weighted by Crippen LogP contribution is 2.48. The SMILES string of the molecule is Cc1cccc(C[C@@H](O)/C=C/[C@@H]2[C@H]3CC(CCc4cccc(C(N)=O)c4)=C[C@H]3C[C@H]2O)c1. The molecule has 2 aromatic rings. The van der Waals surface area contributed by atoms with E-state index in [0.29, 0.717) is 23.8 Å². The van der Waals surface area contributed by atoms with Gasteiger partial charge in [0.05, 0.1) is 12.2 Å². The fraction of sp³-hybridized carbons (Fsp3) is 0.393. The number of aryl methyl sites for hydroxylation is 2. The number of benzene rings is 2. The summed E-state index contributed by atoms with van der Waals surface area (Å²) in [6, 6.07) is 15.8. The molecule has 0 heterocycles. The zero-order valence-corrected chi connectivity index (χ0v) is 18.7. The minimum Gasteiger partial charge on any atom is -0.392 e. The molecule has 2 aromatic carbocycles. The zero-order valence-electron chi connectivity index (χ0n) is 18.7. The minimum absolute atomic E-state index is 0.0825. The number of rotatable bonds is 8. The van der Waals surface area contributed by atoms with Crippen LogP contribution in [-0.4, -0.2) is 28.3 Å². The van der Waals surface area contributed by atoms with Gasteiger partial charge in [-0.15, -0.1) is 0 Å². The number of fused-ring (bicyclic) bond motifs is 1. The molecule has 1 saturated carbocycles. The van der Waals surface area contributed by atoms with Gasteiger partial charge in [-0.2, -0.15) is 0 Å². The predicted octanol–water partition coefficient (Wildman–Crippen LogP) is 4.13. The van der Waals surface area contributed by atoms with Crippen molar-refractivity contribution in [3.8, 4) is 0 Å². The number of amides is 1. The molecular weight excluding hydrogens is 398 g/mol. The summed E-state index contributed by atoms with van der Waals surface area (Å²) >= 11 is 0. The predicted molar refractivity (Wildman–Crippen MR) is 127 cm³/mol. The van der Waals surface area contributed by atoms with Crippen molar-refractivity contribution in [2.75, 3.05) is 0 Å². The molecule has 1 amide bonds. The van der Waals surface area contributed by atoms with Crippen molar-refractivity contribution >= 4 is 5.91 Å². The molecule has 168 valence electrons. The zero-order chi connectivity index (χ0) is 22.7. The highest BCUT2D eigenvalue weighted by atomic mass is 16.3. The monoisotopic (exact) mass is 431 g/mol. The van der Waals surface area contributed by atoms with Crippen molar-refractivity contribution in [1.29, 1.82) is 0 Å². The first-order valence-corrected chi connectivity index (χ1v) is 11.6. The highest BCUT2D eigenvalue weighted by molar-refractivity contribution is 5.92. The number of nitrogens with two attached hydrogens (primary N) is 1. The maximum absolute atomic E-state index is 11.4. The fourth-order valence-electron chi connectivity index (χ4n) is 5.38. The highest BCUT2D eigenvalue weighted by Gasteiger charge is 2.43. The van der Waals surface area contributed by atoms with E-state index in [-0.39, 0.29) is 12.0 Å². The van der Waals surface area contributed by atoms with Crippen LogP contribution in [-0.2, 0) is 12.8 Å². The average Bonchev–Trinajstić information content (AvgIpc) is 3.27. The molecular formula is C28H33NO3. The van der Waals surface area contributed by atoms with Gasteiger partial charge in [0.1, 0.15) is 0 Å².